The van der Waals surface area contributed by atoms with Gasteiger partial charge in [-0.25, -0.2) is 4.98 Å². The SMILES string of the molecule is c1cc(-c2cnc3oc4ccccc4c3c2)cc(N2c3ccccc3Sc3ccccc32)c1. The molecule has 0 radical (unpaired) electrons. The Morgan fingerprint density at radius 3 is 2.18 bits per heavy atom. The van der Waals surface area contributed by atoms with Crippen LogP contribution < -0.4 is 4.90 Å². The van der Waals surface area contributed by atoms with E-state index in [4.69, 9.17) is 4.42 Å². The van der Waals surface area contributed by atoms with Gasteiger partial charge in [-0.2, -0.15) is 0 Å². The highest BCUT2D eigenvalue weighted by molar-refractivity contribution is 7.99. The summed E-state index contributed by atoms with van der Waals surface area (Å²) in [6, 6.07) is 36.1. The molecule has 0 saturated carbocycles. The van der Waals surface area contributed by atoms with E-state index >= 15 is 0 Å². The first kappa shape index (κ1) is 18.5. The van der Waals surface area contributed by atoms with E-state index < -0.39 is 0 Å². The van der Waals surface area contributed by atoms with Gasteiger partial charge in [0, 0.05) is 38.0 Å². The van der Waals surface area contributed by atoms with Gasteiger partial charge in [0.1, 0.15) is 5.58 Å². The van der Waals surface area contributed by atoms with E-state index in [1.165, 1.54) is 21.2 Å². The molecule has 4 aromatic carbocycles. The number of fused-ring (bicyclic) bond motifs is 5. The van der Waals surface area contributed by atoms with Gasteiger partial charge < -0.3 is 9.32 Å². The normalized spacial score (nSPS) is 12.7. The maximum Gasteiger partial charge on any atom is 0.227 e. The summed E-state index contributed by atoms with van der Waals surface area (Å²) in [5.74, 6) is 0. The summed E-state index contributed by atoms with van der Waals surface area (Å²) < 4.78 is 5.92. The van der Waals surface area contributed by atoms with Crippen molar-refractivity contribution in [2.75, 3.05) is 4.90 Å². The van der Waals surface area contributed by atoms with Crippen LogP contribution in [0.1, 0.15) is 0 Å². The highest BCUT2D eigenvalue weighted by atomic mass is 32.2. The van der Waals surface area contributed by atoms with Gasteiger partial charge in [-0.05, 0) is 54.1 Å². The summed E-state index contributed by atoms with van der Waals surface area (Å²) in [4.78, 5) is 9.49. The molecule has 0 atom stereocenters. The first-order valence-electron chi connectivity index (χ1n) is 10.9. The third-order valence-corrected chi connectivity index (χ3v) is 7.24. The van der Waals surface area contributed by atoms with Crippen molar-refractivity contribution in [2.24, 2.45) is 0 Å². The summed E-state index contributed by atoms with van der Waals surface area (Å²) in [6.45, 7) is 0. The van der Waals surface area contributed by atoms with Gasteiger partial charge in [0.2, 0.25) is 5.71 Å². The van der Waals surface area contributed by atoms with Crippen molar-refractivity contribution in [3.63, 3.8) is 0 Å². The van der Waals surface area contributed by atoms with Gasteiger partial charge in [0.25, 0.3) is 0 Å². The number of para-hydroxylation sites is 3. The Hall–Kier alpha value is -4.02. The van der Waals surface area contributed by atoms with E-state index in [1.54, 1.807) is 0 Å². The molecule has 0 spiro atoms. The molecular weight excluding hydrogens is 424 g/mol. The molecule has 3 nitrogen and oxygen atoms in total. The van der Waals surface area contributed by atoms with Crippen molar-refractivity contribution in [3.05, 3.63) is 109 Å². The first-order chi connectivity index (χ1) is 16.3. The summed E-state index contributed by atoms with van der Waals surface area (Å²) in [5.41, 5.74) is 7.27. The van der Waals surface area contributed by atoms with E-state index in [-0.39, 0.29) is 0 Å². The fourth-order valence-corrected chi connectivity index (χ4v) is 5.63. The predicted octanol–water partition coefficient (Wildman–Crippen LogP) is 8.58. The predicted molar refractivity (Wildman–Crippen MR) is 136 cm³/mol. The average molecular weight is 443 g/mol. The summed E-state index contributed by atoms with van der Waals surface area (Å²) in [6.07, 6.45) is 1.90. The minimum atomic E-state index is 0.673. The number of hydrogen-bond acceptors (Lipinski definition) is 4. The van der Waals surface area contributed by atoms with E-state index in [0.717, 1.165) is 33.2 Å². The van der Waals surface area contributed by atoms with E-state index in [9.17, 15) is 0 Å². The van der Waals surface area contributed by atoms with E-state index in [1.807, 2.05) is 36.2 Å². The molecule has 156 valence electrons. The lowest BCUT2D eigenvalue weighted by Gasteiger charge is -2.33. The van der Waals surface area contributed by atoms with Crippen molar-refractivity contribution >= 4 is 50.9 Å². The van der Waals surface area contributed by atoms with Crippen LogP contribution in [0.2, 0.25) is 0 Å². The maximum atomic E-state index is 5.92. The monoisotopic (exact) mass is 442 g/mol. The van der Waals surface area contributed by atoms with Gasteiger partial charge in [0.15, 0.2) is 0 Å². The minimum absolute atomic E-state index is 0.673. The molecule has 3 heterocycles. The zero-order valence-electron chi connectivity index (χ0n) is 17.6. The van der Waals surface area contributed by atoms with Gasteiger partial charge >= 0.3 is 0 Å². The Morgan fingerprint density at radius 1 is 0.636 bits per heavy atom. The van der Waals surface area contributed by atoms with Crippen LogP contribution in [-0.4, -0.2) is 4.98 Å². The quantitative estimate of drug-likeness (QED) is 0.268. The lowest BCUT2D eigenvalue weighted by Crippen LogP contribution is -2.14. The Labute approximate surface area is 195 Å². The summed E-state index contributed by atoms with van der Waals surface area (Å²) in [5, 5.41) is 2.13. The molecular formula is C29H18N2OS. The van der Waals surface area contributed by atoms with Crippen LogP contribution >= 0.6 is 11.8 Å². The summed E-state index contributed by atoms with van der Waals surface area (Å²) in [7, 11) is 0. The standard InChI is InChI=1S/C29H18N2OS/c1-4-13-26-22(10-1)23-17-20(18-30-29(23)32-26)19-8-7-9-21(16-19)31-24-11-2-5-14-27(24)33-28-15-6-3-12-25(28)31/h1-18H. The van der Waals surface area contributed by atoms with Gasteiger partial charge in [0.05, 0.1) is 11.4 Å². The number of rotatable bonds is 2. The number of benzene rings is 4. The highest BCUT2D eigenvalue weighted by Gasteiger charge is 2.24. The number of aromatic nitrogens is 1. The van der Waals surface area contributed by atoms with Crippen LogP contribution in [0.5, 0.6) is 0 Å². The number of pyridine rings is 1. The van der Waals surface area contributed by atoms with Crippen LogP contribution in [-0.2, 0) is 0 Å². The van der Waals surface area contributed by atoms with Gasteiger partial charge in [-0.1, -0.05) is 66.4 Å². The summed E-state index contributed by atoms with van der Waals surface area (Å²) >= 11 is 1.82. The van der Waals surface area contributed by atoms with Gasteiger partial charge in [-0.15, -0.1) is 0 Å². The molecule has 4 heteroatoms. The molecule has 0 saturated heterocycles. The van der Waals surface area contributed by atoms with Crippen LogP contribution in [0.25, 0.3) is 33.2 Å². The molecule has 0 N–H and O–H groups in total. The third kappa shape index (κ3) is 2.95. The lowest BCUT2D eigenvalue weighted by atomic mass is 10.0. The van der Waals surface area contributed by atoms with Crippen molar-refractivity contribution in [1.82, 2.24) is 4.98 Å². The number of anilines is 3. The Bertz CT molecular complexity index is 1620. The molecule has 0 fully saturated rings. The molecule has 0 bridgehead atoms. The zero-order valence-corrected chi connectivity index (χ0v) is 18.4. The molecule has 7 rings (SSSR count). The van der Waals surface area contributed by atoms with E-state index in [2.05, 4.69) is 94.8 Å². The van der Waals surface area contributed by atoms with Crippen molar-refractivity contribution in [3.8, 4) is 11.1 Å². The van der Waals surface area contributed by atoms with Crippen molar-refractivity contribution in [1.29, 1.82) is 0 Å². The molecule has 1 aliphatic rings. The third-order valence-electron chi connectivity index (χ3n) is 6.10. The van der Waals surface area contributed by atoms with Crippen LogP contribution in [0.4, 0.5) is 17.1 Å². The minimum Gasteiger partial charge on any atom is -0.438 e. The topological polar surface area (TPSA) is 29.3 Å². The molecule has 33 heavy (non-hydrogen) atoms. The Morgan fingerprint density at radius 2 is 1.36 bits per heavy atom. The molecule has 6 aromatic rings. The number of nitrogens with zero attached hydrogens (tertiary/aromatic N) is 2. The van der Waals surface area contributed by atoms with Crippen LogP contribution in [0, 0.1) is 0 Å². The van der Waals surface area contributed by atoms with Gasteiger partial charge in [-0.3, -0.25) is 0 Å². The largest absolute Gasteiger partial charge is 0.438 e. The molecule has 0 unspecified atom stereocenters. The van der Waals surface area contributed by atoms with E-state index in [0.29, 0.717) is 5.71 Å². The number of hydrogen-bond donors (Lipinski definition) is 0. The molecule has 0 amide bonds. The van der Waals surface area contributed by atoms with Crippen LogP contribution in [0.15, 0.2) is 124 Å². The van der Waals surface area contributed by atoms with Crippen LogP contribution in [0.3, 0.4) is 0 Å². The molecule has 1 aliphatic heterocycles. The fourth-order valence-electron chi connectivity index (χ4n) is 4.57. The fraction of sp³-hybridized carbons (Fsp3) is 0. The molecule has 0 aliphatic carbocycles. The average Bonchev–Trinajstić information content (AvgIpc) is 3.25. The second-order valence-electron chi connectivity index (χ2n) is 8.10. The van der Waals surface area contributed by atoms with Crippen molar-refractivity contribution in [2.45, 2.75) is 9.79 Å². The number of furan rings is 1. The molecule has 2 aromatic heterocycles. The Balaban J connectivity index is 1.39. The second-order valence-corrected chi connectivity index (χ2v) is 9.18. The second kappa shape index (κ2) is 7.26. The lowest BCUT2D eigenvalue weighted by molar-refractivity contribution is 0.654. The first-order valence-corrected chi connectivity index (χ1v) is 11.7. The van der Waals surface area contributed by atoms with Crippen molar-refractivity contribution < 1.29 is 4.42 Å². The Kier molecular flexibility index (Phi) is 4.08. The highest BCUT2D eigenvalue weighted by Crippen LogP contribution is 2.51. The zero-order chi connectivity index (χ0) is 21.8. The maximum absolute atomic E-state index is 5.92. The smallest absolute Gasteiger partial charge is 0.227 e.